The van der Waals surface area contributed by atoms with Crippen LogP contribution in [-0.4, -0.2) is 53.4 Å². The van der Waals surface area contributed by atoms with Gasteiger partial charge in [0.25, 0.3) is 0 Å². The summed E-state index contributed by atoms with van der Waals surface area (Å²) in [5, 5.41) is 19.5. The van der Waals surface area contributed by atoms with Gasteiger partial charge in [0.15, 0.2) is 11.5 Å². The van der Waals surface area contributed by atoms with Crippen molar-refractivity contribution in [1.82, 2.24) is 20.1 Å². The van der Waals surface area contributed by atoms with Crippen molar-refractivity contribution in [2.75, 3.05) is 24.7 Å². The molecule has 0 saturated heterocycles. The third kappa shape index (κ3) is 4.88. The number of anilines is 1. The number of alkyl halides is 3. The highest BCUT2D eigenvalue weighted by molar-refractivity contribution is 7.88. The van der Waals surface area contributed by atoms with E-state index in [1.165, 1.54) is 4.31 Å². The third-order valence-corrected chi connectivity index (χ3v) is 5.34. The summed E-state index contributed by atoms with van der Waals surface area (Å²) < 4.78 is 67.5. The average Bonchev–Trinajstić information content (AvgIpc) is 3.33. The summed E-state index contributed by atoms with van der Waals surface area (Å²) in [5.74, 6) is -0.192. The SMILES string of the molecule is CS(=O)(=O)N1CCC=C1CNc1nonc1C(=Nc1ccc(C(F)(F)F)cc1)NO. The van der Waals surface area contributed by atoms with E-state index in [1.807, 2.05) is 0 Å². The molecule has 0 atom stereocenters. The van der Waals surface area contributed by atoms with Crippen molar-refractivity contribution in [2.24, 2.45) is 4.99 Å². The number of hydrogen-bond acceptors (Lipinski definition) is 8. The highest BCUT2D eigenvalue weighted by atomic mass is 32.2. The normalized spacial score (nSPS) is 15.3. The van der Waals surface area contributed by atoms with Gasteiger partial charge >= 0.3 is 6.18 Å². The molecule has 0 unspecified atom stereocenters. The Morgan fingerprint density at radius 3 is 2.60 bits per heavy atom. The first kappa shape index (κ1) is 21.6. The van der Waals surface area contributed by atoms with Crippen molar-refractivity contribution < 1.29 is 31.4 Å². The van der Waals surface area contributed by atoms with E-state index < -0.39 is 21.8 Å². The molecule has 10 nitrogen and oxygen atoms in total. The van der Waals surface area contributed by atoms with Crippen LogP contribution in [-0.2, 0) is 16.2 Å². The van der Waals surface area contributed by atoms with Crippen molar-refractivity contribution in [3.8, 4) is 0 Å². The van der Waals surface area contributed by atoms with Crippen LogP contribution in [0.1, 0.15) is 17.7 Å². The highest BCUT2D eigenvalue weighted by Crippen LogP contribution is 2.30. The summed E-state index contributed by atoms with van der Waals surface area (Å²) >= 11 is 0. The molecule has 1 aromatic carbocycles. The molecule has 0 saturated carbocycles. The first-order valence-electron chi connectivity index (χ1n) is 8.49. The summed E-state index contributed by atoms with van der Waals surface area (Å²) in [6, 6.07) is 3.93. The number of hydroxylamine groups is 1. The number of aromatic nitrogens is 2. The Kier molecular flexibility index (Phi) is 5.98. The number of halogens is 3. The molecule has 1 aromatic heterocycles. The fourth-order valence-corrected chi connectivity index (χ4v) is 3.75. The summed E-state index contributed by atoms with van der Waals surface area (Å²) in [7, 11) is -3.42. The summed E-state index contributed by atoms with van der Waals surface area (Å²) in [6.45, 7) is 0.409. The maximum atomic E-state index is 12.7. The van der Waals surface area contributed by atoms with Crippen LogP contribution in [0.15, 0.2) is 45.7 Å². The van der Waals surface area contributed by atoms with Gasteiger partial charge in [0.05, 0.1) is 24.1 Å². The average molecular weight is 446 g/mol. The minimum absolute atomic E-state index is 0.0449. The molecule has 1 aliphatic heterocycles. The molecule has 0 fully saturated rings. The maximum Gasteiger partial charge on any atom is 0.416 e. The first-order valence-corrected chi connectivity index (χ1v) is 10.3. The third-order valence-electron chi connectivity index (χ3n) is 4.12. The molecule has 0 radical (unpaired) electrons. The van der Waals surface area contributed by atoms with E-state index in [2.05, 4.69) is 25.3 Å². The van der Waals surface area contributed by atoms with Gasteiger partial charge in [-0.15, -0.1) is 0 Å². The Morgan fingerprint density at radius 2 is 2.00 bits per heavy atom. The van der Waals surface area contributed by atoms with Gasteiger partial charge in [0, 0.05) is 12.2 Å². The number of nitrogens with one attached hydrogen (secondary N) is 2. The number of amidine groups is 1. The molecule has 0 aliphatic carbocycles. The molecule has 3 N–H and O–H groups in total. The molecule has 30 heavy (non-hydrogen) atoms. The molecule has 2 aromatic rings. The second kappa shape index (κ2) is 8.31. The van der Waals surface area contributed by atoms with Crippen molar-refractivity contribution in [1.29, 1.82) is 0 Å². The molecule has 0 bridgehead atoms. The van der Waals surface area contributed by atoms with Gasteiger partial charge < -0.3 is 5.32 Å². The fraction of sp³-hybridized carbons (Fsp3) is 0.312. The lowest BCUT2D eigenvalue weighted by molar-refractivity contribution is -0.137. The highest BCUT2D eigenvalue weighted by Gasteiger charge is 2.30. The molecule has 3 rings (SSSR count). The van der Waals surface area contributed by atoms with E-state index >= 15 is 0 Å². The van der Waals surface area contributed by atoms with E-state index in [0.717, 1.165) is 30.5 Å². The van der Waals surface area contributed by atoms with E-state index in [4.69, 9.17) is 0 Å². The smallest absolute Gasteiger partial charge is 0.360 e. The maximum absolute atomic E-state index is 12.7. The van der Waals surface area contributed by atoms with Gasteiger partial charge in [-0.1, -0.05) is 6.08 Å². The Labute approximate surface area is 169 Å². The predicted octanol–water partition coefficient (Wildman–Crippen LogP) is 2.11. The summed E-state index contributed by atoms with van der Waals surface area (Å²) in [6.07, 6.45) is -1.07. The molecule has 0 spiro atoms. The molecular weight excluding hydrogens is 429 g/mol. The van der Waals surface area contributed by atoms with Crippen molar-refractivity contribution in [2.45, 2.75) is 12.6 Å². The van der Waals surface area contributed by atoms with Crippen LogP contribution in [0.3, 0.4) is 0 Å². The summed E-state index contributed by atoms with van der Waals surface area (Å²) in [5.41, 5.74) is 1.52. The van der Waals surface area contributed by atoms with Gasteiger partial charge in [0.1, 0.15) is 0 Å². The number of aliphatic imine (C=N–C) groups is 1. The fourth-order valence-electron chi connectivity index (χ4n) is 2.75. The van der Waals surface area contributed by atoms with E-state index in [1.54, 1.807) is 11.6 Å². The molecule has 0 amide bonds. The zero-order valence-corrected chi connectivity index (χ0v) is 16.3. The largest absolute Gasteiger partial charge is 0.416 e. The second-order valence-electron chi connectivity index (χ2n) is 6.25. The van der Waals surface area contributed by atoms with Crippen LogP contribution < -0.4 is 10.8 Å². The molecule has 2 heterocycles. The van der Waals surface area contributed by atoms with Crippen molar-refractivity contribution in [3.05, 3.63) is 47.3 Å². The van der Waals surface area contributed by atoms with Crippen molar-refractivity contribution in [3.63, 3.8) is 0 Å². The van der Waals surface area contributed by atoms with Crippen molar-refractivity contribution >= 4 is 27.4 Å². The van der Waals surface area contributed by atoms with Crippen LogP contribution in [0, 0.1) is 0 Å². The van der Waals surface area contributed by atoms with Gasteiger partial charge in [-0.05, 0) is 41.0 Å². The van der Waals surface area contributed by atoms with E-state index in [-0.39, 0.29) is 29.6 Å². The predicted molar refractivity (Wildman–Crippen MR) is 99.6 cm³/mol. The summed E-state index contributed by atoms with van der Waals surface area (Å²) in [4.78, 5) is 4.00. The minimum Gasteiger partial charge on any atom is -0.360 e. The standard InChI is InChI=1S/C16H17F3N6O4S/c1-30(27,28)25-8-2-3-12(25)9-20-14-13(23-29-24-14)15(22-26)21-11-6-4-10(5-7-11)16(17,18)19/h3-7,26H,2,8-9H2,1H3,(H,20,24)(H,21,22). The molecule has 162 valence electrons. The van der Waals surface area contributed by atoms with E-state index in [0.29, 0.717) is 18.7 Å². The van der Waals surface area contributed by atoms with Crippen LogP contribution in [0.2, 0.25) is 0 Å². The minimum atomic E-state index is -4.48. The lowest BCUT2D eigenvalue weighted by atomic mass is 10.2. The Bertz CT molecular complexity index is 1060. The van der Waals surface area contributed by atoms with Crippen LogP contribution in [0.4, 0.5) is 24.7 Å². The van der Waals surface area contributed by atoms with E-state index in [9.17, 15) is 26.8 Å². The first-order chi connectivity index (χ1) is 14.1. The number of sulfonamides is 1. The lowest BCUT2D eigenvalue weighted by Crippen LogP contribution is -2.30. The molecule has 1 aliphatic rings. The van der Waals surface area contributed by atoms with Gasteiger partial charge in [-0.25, -0.2) is 18.0 Å². The van der Waals surface area contributed by atoms with Crippen LogP contribution >= 0.6 is 0 Å². The number of benzene rings is 1. The zero-order chi connectivity index (χ0) is 21.9. The number of nitrogens with zero attached hydrogens (tertiary/aromatic N) is 4. The quantitative estimate of drug-likeness (QED) is 0.349. The Balaban J connectivity index is 1.78. The Morgan fingerprint density at radius 1 is 1.30 bits per heavy atom. The second-order valence-corrected chi connectivity index (χ2v) is 8.16. The Hall–Kier alpha value is -3.13. The molecule has 14 heteroatoms. The van der Waals surface area contributed by atoms with Crippen LogP contribution in [0.5, 0.6) is 0 Å². The topological polar surface area (TPSA) is 133 Å². The van der Waals surface area contributed by atoms with Crippen LogP contribution in [0.25, 0.3) is 0 Å². The monoisotopic (exact) mass is 446 g/mol. The number of rotatable bonds is 6. The number of hydrogen-bond donors (Lipinski definition) is 3. The van der Waals surface area contributed by atoms with Gasteiger partial charge in [-0.3, -0.25) is 15.0 Å². The zero-order valence-electron chi connectivity index (χ0n) is 15.5. The van der Waals surface area contributed by atoms with Gasteiger partial charge in [0.2, 0.25) is 15.8 Å². The van der Waals surface area contributed by atoms with Gasteiger partial charge in [-0.2, -0.15) is 13.2 Å². The lowest BCUT2D eigenvalue weighted by Gasteiger charge is -2.19. The molecular formula is C16H17F3N6O4S.